The molecule has 12 heteroatoms. The van der Waals surface area contributed by atoms with Gasteiger partial charge in [0.05, 0.1) is 24.6 Å². The Morgan fingerprint density at radius 1 is 1.21 bits per heavy atom. The number of hydrazone groups is 1. The van der Waals surface area contributed by atoms with Gasteiger partial charge in [-0.2, -0.15) is 0 Å². The maximum absolute atomic E-state index is 12.9. The van der Waals surface area contributed by atoms with Gasteiger partial charge >= 0.3 is 11.9 Å². The number of esters is 2. The standard InChI is InChI=1S/C21H24N4O6S2/c1-5-29-19(26)13-15(22)23-18(33-21(13)32-4)14(20(27)30-6-2)17-25-24-16(31-17)11-7-9-12(28-3)10-8-11/h7-10,18,25H,5-6H2,1-4H3,(H2,22,23)/b17-14+/t18-/m0/s1. The molecule has 33 heavy (non-hydrogen) atoms. The quantitative estimate of drug-likeness (QED) is 0.411. The molecule has 1 aromatic rings. The van der Waals surface area contributed by atoms with E-state index in [4.69, 9.17) is 24.7 Å². The number of ether oxygens (including phenoxy) is 4. The summed E-state index contributed by atoms with van der Waals surface area (Å²) in [6.07, 6.45) is 1.80. The summed E-state index contributed by atoms with van der Waals surface area (Å²) in [4.78, 5) is 29.6. The molecule has 10 nitrogen and oxygen atoms in total. The van der Waals surface area contributed by atoms with Gasteiger partial charge in [0.25, 0.3) is 0 Å². The van der Waals surface area contributed by atoms with Gasteiger partial charge in [-0.05, 0) is 44.4 Å². The van der Waals surface area contributed by atoms with Gasteiger partial charge in [0.2, 0.25) is 11.8 Å². The Morgan fingerprint density at radius 2 is 1.91 bits per heavy atom. The third-order valence-corrected chi connectivity index (χ3v) is 6.73. The second kappa shape index (κ2) is 11.1. The molecule has 0 unspecified atom stereocenters. The molecule has 0 spiro atoms. The summed E-state index contributed by atoms with van der Waals surface area (Å²) in [6.45, 7) is 3.75. The molecule has 2 aliphatic rings. The molecule has 2 aliphatic heterocycles. The number of amidine groups is 1. The smallest absolute Gasteiger partial charge is 0.343 e. The lowest BCUT2D eigenvalue weighted by molar-refractivity contribution is -0.139. The highest BCUT2D eigenvalue weighted by Gasteiger charge is 2.37. The molecule has 176 valence electrons. The van der Waals surface area contributed by atoms with Crippen LogP contribution in [0.15, 0.2) is 55.6 Å². The largest absolute Gasteiger partial charge is 0.497 e. The first-order valence-electron chi connectivity index (χ1n) is 9.96. The zero-order chi connectivity index (χ0) is 24.0. The molecule has 0 saturated heterocycles. The van der Waals surface area contributed by atoms with Gasteiger partial charge in [-0.25, -0.2) is 20.0 Å². The second-order valence-corrected chi connectivity index (χ2v) is 8.56. The van der Waals surface area contributed by atoms with Gasteiger partial charge in [0, 0.05) is 5.56 Å². The van der Waals surface area contributed by atoms with Gasteiger partial charge in [0.1, 0.15) is 28.1 Å². The van der Waals surface area contributed by atoms with E-state index in [-0.39, 0.29) is 42.0 Å². The zero-order valence-corrected chi connectivity index (χ0v) is 20.2. The molecule has 0 bridgehead atoms. The summed E-state index contributed by atoms with van der Waals surface area (Å²) in [5.74, 6) is -0.211. The average Bonchev–Trinajstić information content (AvgIpc) is 3.28. The van der Waals surface area contributed by atoms with Crippen molar-refractivity contribution in [2.45, 2.75) is 19.2 Å². The maximum atomic E-state index is 12.9. The lowest BCUT2D eigenvalue weighted by atomic mass is 10.2. The van der Waals surface area contributed by atoms with Gasteiger partial charge in [-0.3, -0.25) is 0 Å². The van der Waals surface area contributed by atoms with Crippen LogP contribution in [0.5, 0.6) is 5.75 Å². The van der Waals surface area contributed by atoms with Gasteiger partial charge < -0.3 is 24.7 Å². The summed E-state index contributed by atoms with van der Waals surface area (Å²) >= 11 is 2.48. The van der Waals surface area contributed by atoms with E-state index in [0.29, 0.717) is 15.6 Å². The number of hydrogen-bond acceptors (Lipinski definition) is 12. The van der Waals surface area contributed by atoms with Crippen LogP contribution in [-0.2, 0) is 23.8 Å². The van der Waals surface area contributed by atoms with Crippen molar-refractivity contribution < 1.29 is 28.5 Å². The Kier molecular flexibility index (Phi) is 8.28. The second-order valence-electron chi connectivity index (χ2n) is 6.39. The van der Waals surface area contributed by atoms with Crippen LogP contribution in [0.2, 0.25) is 0 Å². The molecular weight excluding hydrogens is 468 g/mol. The molecule has 3 N–H and O–H groups in total. The summed E-state index contributed by atoms with van der Waals surface area (Å²) in [5, 5.41) is 3.36. The molecule has 1 atom stereocenters. The van der Waals surface area contributed by atoms with Crippen molar-refractivity contribution in [2.24, 2.45) is 15.8 Å². The Bertz CT molecular complexity index is 1050. The van der Waals surface area contributed by atoms with Crippen LogP contribution < -0.4 is 15.9 Å². The molecule has 0 aromatic heterocycles. The minimum absolute atomic E-state index is 0.0294. The van der Waals surface area contributed by atoms with Crippen LogP contribution in [0.1, 0.15) is 19.4 Å². The van der Waals surface area contributed by atoms with Crippen LogP contribution in [0.3, 0.4) is 0 Å². The number of nitrogens with two attached hydrogens (primary N) is 1. The maximum Gasteiger partial charge on any atom is 0.343 e. The minimum atomic E-state index is -0.822. The van der Waals surface area contributed by atoms with Crippen molar-refractivity contribution in [1.82, 2.24) is 5.43 Å². The van der Waals surface area contributed by atoms with Crippen LogP contribution in [0.4, 0.5) is 0 Å². The first-order chi connectivity index (χ1) is 15.9. The molecular formula is C21H24N4O6S2. The first-order valence-corrected chi connectivity index (χ1v) is 12.1. The topological polar surface area (TPSA) is 134 Å². The van der Waals surface area contributed by atoms with E-state index in [2.05, 4.69) is 15.5 Å². The summed E-state index contributed by atoms with van der Waals surface area (Å²) in [7, 11) is 1.57. The number of rotatable bonds is 8. The monoisotopic (exact) mass is 492 g/mol. The fraction of sp³-hybridized carbons (Fsp3) is 0.333. The SMILES string of the molecule is CCOC(=O)C1=C(SC)S[C@@H](/C(C(=O)OCC)=C2/NN=C(c3ccc(OC)cc3)O2)N=C1N. The Hall–Kier alpha value is -3.12. The predicted molar refractivity (Wildman–Crippen MR) is 128 cm³/mol. The Morgan fingerprint density at radius 3 is 2.52 bits per heavy atom. The van der Waals surface area contributed by atoms with E-state index < -0.39 is 17.3 Å². The molecule has 0 radical (unpaired) electrons. The van der Waals surface area contributed by atoms with E-state index >= 15 is 0 Å². The number of carbonyl (C=O) groups is 2. The molecule has 1 aromatic carbocycles. The third kappa shape index (κ3) is 5.45. The molecule has 0 fully saturated rings. The fourth-order valence-corrected chi connectivity index (χ4v) is 4.92. The third-order valence-electron chi connectivity index (χ3n) is 4.38. The van der Waals surface area contributed by atoms with Gasteiger partial charge in [0.15, 0.2) is 0 Å². The first kappa shape index (κ1) is 24.5. The van der Waals surface area contributed by atoms with Crippen LogP contribution >= 0.6 is 23.5 Å². The van der Waals surface area contributed by atoms with E-state index in [1.54, 1.807) is 51.5 Å². The lowest BCUT2D eigenvalue weighted by Gasteiger charge is -2.23. The summed E-state index contributed by atoms with van der Waals surface area (Å²) < 4.78 is 21.9. The fourth-order valence-electron chi connectivity index (χ4n) is 2.88. The number of carbonyl (C=O) groups excluding carboxylic acids is 2. The van der Waals surface area contributed by atoms with Crippen molar-refractivity contribution in [3.8, 4) is 5.75 Å². The number of aliphatic imine (C=N–C) groups is 1. The van der Waals surface area contributed by atoms with Crippen LogP contribution in [0, 0.1) is 0 Å². The van der Waals surface area contributed by atoms with Gasteiger partial charge in [-0.1, -0.05) is 11.8 Å². The Labute approximate surface area is 199 Å². The highest BCUT2D eigenvalue weighted by atomic mass is 32.2. The number of hydrogen-bond donors (Lipinski definition) is 2. The van der Waals surface area contributed by atoms with E-state index in [0.717, 1.165) is 0 Å². The predicted octanol–water partition coefficient (Wildman–Crippen LogP) is 2.32. The molecule has 3 rings (SSSR count). The van der Waals surface area contributed by atoms with Crippen molar-refractivity contribution in [2.75, 3.05) is 26.6 Å². The van der Waals surface area contributed by atoms with Crippen LogP contribution in [0.25, 0.3) is 0 Å². The minimum Gasteiger partial charge on any atom is -0.497 e. The molecule has 0 amide bonds. The normalized spacial score (nSPS) is 19.1. The zero-order valence-electron chi connectivity index (χ0n) is 18.5. The lowest BCUT2D eigenvalue weighted by Crippen LogP contribution is -2.31. The highest BCUT2D eigenvalue weighted by Crippen LogP contribution is 2.41. The van der Waals surface area contributed by atoms with E-state index in [9.17, 15) is 9.59 Å². The van der Waals surface area contributed by atoms with Crippen molar-refractivity contribution in [1.29, 1.82) is 0 Å². The molecule has 0 saturated carbocycles. The summed E-state index contributed by atoms with van der Waals surface area (Å²) in [5.41, 5.74) is 9.80. The van der Waals surface area contributed by atoms with Crippen molar-refractivity contribution in [3.63, 3.8) is 0 Å². The van der Waals surface area contributed by atoms with Gasteiger partial charge in [-0.15, -0.1) is 16.9 Å². The summed E-state index contributed by atoms with van der Waals surface area (Å²) in [6, 6.07) is 7.09. The number of nitrogens with zero attached hydrogens (tertiary/aromatic N) is 2. The average molecular weight is 493 g/mol. The number of nitrogens with one attached hydrogen (secondary N) is 1. The van der Waals surface area contributed by atoms with Crippen LogP contribution in [-0.4, -0.2) is 55.6 Å². The van der Waals surface area contributed by atoms with E-state index in [1.165, 1.54) is 23.5 Å². The highest BCUT2D eigenvalue weighted by molar-refractivity contribution is 8.22. The van der Waals surface area contributed by atoms with Crippen molar-refractivity contribution in [3.05, 3.63) is 51.1 Å². The van der Waals surface area contributed by atoms with Crippen molar-refractivity contribution >= 4 is 47.2 Å². The molecule has 2 heterocycles. The molecule has 0 aliphatic carbocycles. The Balaban J connectivity index is 1.93. The number of thioether (sulfide) groups is 2. The number of methoxy groups -OCH3 is 1. The van der Waals surface area contributed by atoms with E-state index in [1.807, 2.05) is 0 Å². The number of benzene rings is 1.